The van der Waals surface area contributed by atoms with Crippen molar-refractivity contribution in [2.75, 3.05) is 42.3 Å². The molecular weight excluding hydrogens is 286 g/mol. The number of amides is 1. The quantitative estimate of drug-likeness (QED) is 0.921. The molecule has 0 saturated carbocycles. The van der Waals surface area contributed by atoms with E-state index >= 15 is 0 Å². The summed E-state index contributed by atoms with van der Waals surface area (Å²) in [6.07, 6.45) is 1.46. The van der Waals surface area contributed by atoms with E-state index in [1.807, 2.05) is 49.3 Å². The fourth-order valence-corrected chi connectivity index (χ4v) is 2.92. The number of hydrogen-bond donors (Lipinski definition) is 1. The van der Waals surface area contributed by atoms with Gasteiger partial charge in [-0.1, -0.05) is 18.2 Å². The van der Waals surface area contributed by atoms with Crippen molar-refractivity contribution in [3.63, 3.8) is 0 Å². The summed E-state index contributed by atoms with van der Waals surface area (Å²) in [4.78, 5) is 16.4. The molecule has 0 saturated heterocycles. The topological polar surface area (TPSA) is 35.6 Å². The predicted octanol–water partition coefficient (Wildman–Crippen LogP) is 3.14. The van der Waals surface area contributed by atoms with E-state index in [2.05, 4.69) is 28.4 Å². The van der Waals surface area contributed by atoms with Gasteiger partial charge in [0.15, 0.2) is 0 Å². The van der Waals surface area contributed by atoms with Crippen molar-refractivity contribution >= 4 is 23.0 Å². The first-order chi connectivity index (χ1) is 11.1. The first kappa shape index (κ1) is 15.4. The number of para-hydroxylation sites is 1. The zero-order chi connectivity index (χ0) is 16.2. The van der Waals surface area contributed by atoms with Crippen LogP contribution in [0.25, 0.3) is 0 Å². The number of nitrogens with one attached hydrogen (secondary N) is 1. The summed E-state index contributed by atoms with van der Waals surface area (Å²) in [6, 6.07) is 16.4. The molecule has 1 N–H and O–H groups in total. The van der Waals surface area contributed by atoms with Crippen LogP contribution in [0.4, 0.5) is 17.1 Å². The van der Waals surface area contributed by atoms with Gasteiger partial charge in [0.25, 0.3) is 0 Å². The fourth-order valence-electron chi connectivity index (χ4n) is 2.92. The first-order valence-electron chi connectivity index (χ1n) is 8.04. The van der Waals surface area contributed by atoms with Gasteiger partial charge in [0.05, 0.1) is 0 Å². The average molecular weight is 309 g/mol. The maximum atomic E-state index is 12.4. The number of hydrogen-bond acceptors (Lipinski definition) is 3. The van der Waals surface area contributed by atoms with Gasteiger partial charge in [-0.2, -0.15) is 0 Å². The van der Waals surface area contributed by atoms with Crippen LogP contribution in [-0.4, -0.2) is 33.1 Å². The first-order valence-corrected chi connectivity index (χ1v) is 8.04. The molecule has 2 aromatic rings. The monoisotopic (exact) mass is 309 g/mol. The number of benzene rings is 2. The maximum Gasteiger partial charge on any atom is 0.228 e. The zero-order valence-corrected chi connectivity index (χ0v) is 13.7. The normalized spacial score (nSPS) is 12.9. The summed E-state index contributed by atoms with van der Waals surface area (Å²) in [5, 5.41) is 3.32. The second-order valence-electron chi connectivity index (χ2n) is 6.04. The largest absolute Gasteiger partial charge is 0.385 e. The van der Waals surface area contributed by atoms with Gasteiger partial charge in [0, 0.05) is 50.7 Å². The molecule has 0 fully saturated rings. The van der Waals surface area contributed by atoms with Gasteiger partial charge < -0.3 is 15.1 Å². The van der Waals surface area contributed by atoms with Gasteiger partial charge in [-0.3, -0.25) is 4.79 Å². The summed E-state index contributed by atoms with van der Waals surface area (Å²) >= 11 is 0. The van der Waals surface area contributed by atoms with Crippen LogP contribution < -0.4 is 15.1 Å². The third-order valence-electron chi connectivity index (χ3n) is 4.24. The van der Waals surface area contributed by atoms with Crippen molar-refractivity contribution in [3.05, 3.63) is 54.1 Å². The van der Waals surface area contributed by atoms with Crippen LogP contribution in [0.2, 0.25) is 0 Å². The predicted molar refractivity (Wildman–Crippen MR) is 96.4 cm³/mol. The molecule has 120 valence electrons. The number of carbonyl (C=O) groups excluding carboxylic acids is 1. The lowest BCUT2D eigenvalue weighted by molar-refractivity contribution is -0.118. The summed E-state index contributed by atoms with van der Waals surface area (Å²) < 4.78 is 0. The molecule has 1 heterocycles. The molecule has 0 radical (unpaired) electrons. The van der Waals surface area contributed by atoms with E-state index < -0.39 is 0 Å². The van der Waals surface area contributed by atoms with Crippen LogP contribution in [0.1, 0.15) is 12.0 Å². The van der Waals surface area contributed by atoms with E-state index in [4.69, 9.17) is 0 Å². The molecule has 2 aromatic carbocycles. The molecule has 0 aromatic heterocycles. The standard InChI is InChI=1S/C19H23N3O/c1-21(2)17-9-7-16(8-10-17)20-13-11-19(23)22-14-12-15-5-3-4-6-18(15)22/h3-10,20H,11-14H2,1-2H3. The Kier molecular flexibility index (Phi) is 4.51. The number of rotatable bonds is 5. The number of fused-ring (bicyclic) bond motifs is 1. The lowest BCUT2D eigenvalue weighted by atomic mass is 10.2. The number of anilines is 3. The minimum atomic E-state index is 0.187. The highest BCUT2D eigenvalue weighted by Crippen LogP contribution is 2.27. The summed E-state index contributed by atoms with van der Waals surface area (Å²) in [6.45, 7) is 1.45. The molecule has 0 bridgehead atoms. The fraction of sp³-hybridized carbons (Fsp3) is 0.316. The molecule has 0 atom stereocenters. The van der Waals surface area contributed by atoms with Gasteiger partial charge in [-0.15, -0.1) is 0 Å². The Morgan fingerprint density at radius 3 is 2.61 bits per heavy atom. The Morgan fingerprint density at radius 2 is 1.87 bits per heavy atom. The maximum absolute atomic E-state index is 12.4. The third kappa shape index (κ3) is 3.47. The Bertz CT molecular complexity index is 679. The Hall–Kier alpha value is -2.49. The van der Waals surface area contributed by atoms with Crippen LogP contribution >= 0.6 is 0 Å². The van der Waals surface area contributed by atoms with E-state index in [9.17, 15) is 4.79 Å². The molecule has 1 aliphatic heterocycles. The van der Waals surface area contributed by atoms with Crippen LogP contribution in [-0.2, 0) is 11.2 Å². The van der Waals surface area contributed by atoms with Gasteiger partial charge in [0.2, 0.25) is 5.91 Å². The van der Waals surface area contributed by atoms with Crippen LogP contribution in [0, 0.1) is 0 Å². The Labute approximate surface area is 137 Å². The molecule has 1 amide bonds. The molecular formula is C19H23N3O. The lowest BCUT2D eigenvalue weighted by Crippen LogP contribution is -2.30. The molecule has 1 aliphatic rings. The lowest BCUT2D eigenvalue weighted by Gasteiger charge is -2.18. The van der Waals surface area contributed by atoms with Crippen LogP contribution in [0.5, 0.6) is 0 Å². The highest BCUT2D eigenvalue weighted by atomic mass is 16.2. The number of carbonyl (C=O) groups is 1. The highest BCUT2D eigenvalue weighted by molar-refractivity contribution is 5.95. The molecule has 4 nitrogen and oxygen atoms in total. The van der Waals surface area contributed by atoms with Crippen LogP contribution in [0.15, 0.2) is 48.5 Å². The van der Waals surface area contributed by atoms with Gasteiger partial charge in [-0.25, -0.2) is 0 Å². The van der Waals surface area contributed by atoms with Gasteiger partial charge >= 0.3 is 0 Å². The Morgan fingerprint density at radius 1 is 1.13 bits per heavy atom. The SMILES string of the molecule is CN(C)c1ccc(NCCC(=O)N2CCc3ccccc32)cc1. The van der Waals surface area contributed by atoms with Crippen molar-refractivity contribution in [2.45, 2.75) is 12.8 Å². The van der Waals surface area contributed by atoms with Crippen molar-refractivity contribution in [3.8, 4) is 0 Å². The summed E-state index contributed by atoms with van der Waals surface area (Å²) in [7, 11) is 4.05. The minimum Gasteiger partial charge on any atom is -0.385 e. The van der Waals surface area contributed by atoms with E-state index in [1.165, 1.54) is 11.3 Å². The van der Waals surface area contributed by atoms with Crippen molar-refractivity contribution in [1.82, 2.24) is 0 Å². The highest BCUT2D eigenvalue weighted by Gasteiger charge is 2.23. The van der Waals surface area contributed by atoms with Gasteiger partial charge in [-0.05, 0) is 42.3 Å². The Balaban J connectivity index is 1.52. The second kappa shape index (κ2) is 6.73. The minimum absolute atomic E-state index is 0.187. The number of nitrogens with zero attached hydrogens (tertiary/aromatic N) is 2. The molecule has 23 heavy (non-hydrogen) atoms. The summed E-state index contributed by atoms with van der Waals surface area (Å²) in [5.41, 5.74) is 4.56. The van der Waals surface area contributed by atoms with Gasteiger partial charge in [0.1, 0.15) is 0 Å². The van der Waals surface area contributed by atoms with E-state index in [0.717, 1.165) is 24.3 Å². The van der Waals surface area contributed by atoms with E-state index in [-0.39, 0.29) is 5.91 Å². The van der Waals surface area contributed by atoms with Crippen LogP contribution in [0.3, 0.4) is 0 Å². The molecule has 0 unspecified atom stereocenters. The molecule has 4 heteroatoms. The molecule has 3 rings (SSSR count). The third-order valence-corrected chi connectivity index (χ3v) is 4.24. The second-order valence-corrected chi connectivity index (χ2v) is 6.04. The smallest absolute Gasteiger partial charge is 0.228 e. The zero-order valence-electron chi connectivity index (χ0n) is 13.7. The van der Waals surface area contributed by atoms with Crippen molar-refractivity contribution in [2.24, 2.45) is 0 Å². The van der Waals surface area contributed by atoms with E-state index in [1.54, 1.807) is 0 Å². The van der Waals surface area contributed by atoms with E-state index in [0.29, 0.717) is 13.0 Å². The summed E-state index contributed by atoms with van der Waals surface area (Å²) in [5.74, 6) is 0.187. The van der Waals surface area contributed by atoms with Crippen molar-refractivity contribution in [1.29, 1.82) is 0 Å². The van der Waals surface area contributed by atoms with Crippen molar-refractivity contribution < 1.29 is 4.79 Å². The molecule has 0 aliphatic carbocycles. The molecule has 0 spiro atoms. The average Bonchev–Trinajstić information content (AvgIpc) is 2.99.